The fourth-order valence-corrected chi connectivity index (χ4v) is 1.54. The lowest BCUT2D eigenvalue weighted by Gasteiger charge is -2.00. The largest absolute Gasteiger partial charge is 0.452 e. The number of rotatable bonds is 5. The molecule has 96 valence electrons. The smallest absolute Gasteiger partial charge is 0.331 e. The summed E-state index contributed by atoms with van der Waals surface area (Å²) in [5.74, 6) is -0.867. The highest BCUT2D eigenvalue weighted by Gasteiger charge is 2.01. The lowest BCUT2D eigenvalue weighted by Crippen LogP contribution is -2.24. The van der Waals surface area contributed by atoms with Crippen LogP contribution in [0.1, 0.15) is 5.56 Å². The Bertz CT molecular complexity index is 440. The zero-order chi connectivity index (χ0) is 13.4. The zero-order valence-electron chi connectivity index (χ0n) is 10.3. The Labute approximate surface area is 110 Å². The van der Waals surface area contributed by atoms with Gasteiger partial charge in [0.15, 0.2) is 6.61 Å². The van der Waals surface area contributed by atoms with E-state index in [1.807, 2.05) is 30.5 Å². The van der Waals surface area contributed by atoms with Crippen LogP contribution in [0, 0.1) is 0 Å². The quantitative estimate of drug-likeness (QED) is 0.500. The van der Waals surface area contributed by atoms with Gasteiger partial charge in [-0.05, 0) is 30.0 Å². The molecule has 0 aliphatic heterocycles. The molecule has 0 heterocycles. The molecule has 4 nitrogen and oxygen atoms in total. The maximum Gasteiger partial charge on any atom is 0.331 e. The summed E-state index contributed by atoms with van der Waals surface area (Å²) in [6.07, 6.45) is 4.95. The summed E-state index contributed by atoms with van der Waals surface area (Å²) in [5, 5.41) is 2.36. The van der Waals surface area contributed by atoms with Crippen molar-refractivity contribution >= 4 is 29.7 Å². The van der Waals surface area contributed by atoms with Crippen LogP contribution in [-0.2, 0) is 14.3 Å². The van der Waals surface area contributed by atoms with Gasteiger partial charge in [-0.3, -0.25) is 4.79 Å². The van der Waals surface area contributed by atoms with Crippen LogP contribution in [0.25, 0.3) is 6.08 Å². The van der Waals surface area contributed by atoms with Gasteiger partial charge in [-0.15, -0.1) is 11.8 Å². The number of likely N-dealkylation sites (N-methyl/N-ethyl adjacent to an activating group) is 1. The average molecular weight is 265 g/mol. The molecule has 1 aromatic rings. The number of nitrogens with one attached hydrogen (secondary N) is 1. The van der Waals surface area contributed by atoms with Crippen molar-refractivity contribution in [2.75, 3.05) is 19.9 Å². The van der Waals surface area contributed by atoms with Crippen LogP contribution in [-0.4, -0.2) is 31.8 Å². The van der Waals surface area contributed by atoms with E-state index in [9.17, 15) is 9.59 Å². The minimum absolute atomic E-state index is 0.259. The fourth-order valence-electron chi connectivity index (χ4n) is 1.14. The van der Waals surface area contributed by atoms with Crippen LogP contribution in [0.2, 0.25) is 0 Å². The van der Waals surface area contributed by atoms with Crippen molar-refractivity contribution in [3.8, 4) is 0 Å². The van der Waals surface area contributed by atoms with E-state index in [2.05, 4.69) is 5.32 Å². The summed E-state index contributed by atoms with van der Waals surface area (Å²) in [5.41, 5.74) is 0.907. The predicted molar refractivity (Wildman–Crippen MR) is 72.3 cm³/mol. The molecule has 0 aliphatic carbocycles. The van der Waals surface area contributed by atoms with E-state index in [0.29, 0.717) is 0 Å². The molecular weight excluding hydrogens is 250 g/mol. The Morgan fingerprint density at radius 1 is 1.33 bits per heavy atom. The van der Waals surface area contributed by atoms with Crippen molar-refractivity contribution in [2.24, 2.45) is 0 Å². The number of amides is 1. The molecular formula is C13H15NO3S. The second-order valence-corrected chi connectivity index (χ2v) is 4.27. The first-order chi connectivity index (χ1) is 8.65. The third kappa shape index (κ3) is 5.05. The maximum absolute atomic E-state index is 11.3. The molecule has 0 saturated carbocycles. The molecule has 0 spiro atoms. The first kappa shape index (κ1) is 14.3. The summed E-state index contributed by atoms with van der Waals surface area (Å²) >= 11 is 1.66. The SMILES string of the molecule is CNC(=O)COC(=O)/C=C/c1ccc(SC)cc1. The van der Waals surface area contributed by atoms with Gasteiger partial charge in [-0.1, -0.05) is 12.1 Å². The van der Waals surface area contributed by atoms with Crippen molar-refractivity contribution in [1.29, 1.82) is 0 Å². The number of benzene rings is 1. The predicted octanol–water partition coefficient (Wildman–Crippen LogP) is 1.71. The number of ether oxygens (including phenoxy) is 1. The van der Waals surface area contributed by atoms with E-state index < -0.39 is 5.97 Å². The zero-order valence-corrected chi connectivity index (χ0v) is 11.1. The van der Waals surface area contributed by atoms with Crippen molar-refractivity contribution < 1.29 is 14.3 Å². The molecule has 0 radical (unpaired) electrons. The monoisotopic (exact) mass is 265 g/mol. The minimum Gasteiger partial charge on any atom is -0.452 e. The van der Waals surface area contributed by atoms with Crippen LogP contribution in [0.5, 0.6) is 0 Å². The average Bonchev–Trinajstić information content (AvgIpc) is 2.42. The lowest BCUT2D eigenvalue weighted by atomic mass is 10.2. The lowest BCUT2D eigenvalue weighted by molar-refractivity contribution is -0.143. The second kappa shape index (κ2) is 7.55. The van der Waals surface area contributed by atoms with Crippen molar-refractivity contribution in [3.63, 3.8) is 0 Å². The van der Waals surface area contributed by atoms with Gasteiger partial charge in [0.05, 0.1) is 0 Å². The third-order valence-electron chi connectivity index (χ3n) is 2.15. The minimum atomic E-state index is -0.535. The molecule has 1 N–H and O–H groups in total. The number of thioether (sulfide) groups is 1. The number of hydrogen-bond donors (Lipinski definition) is 1. The van der Waals surface area contributed by atoms with Crippen LogP contribution >= 0.6 is 11.8 Å². The van der Waals surface area contributed by atoms with Crippen LogP contribution in [0.3, 0.4) is 0 Å². The van der Waals surface area contributed by atoms with E-state index >= 15 is 0 Å². The van der Waals surface area contributed by atoms with E-state index in [1.165, 1.54) is 13.1 Å². The molecule has 5 heteroatoms. The molecule has 0 aromatic heterocycles. The molecule has 0 atom stereocenters. The molecule has 18 heavy (non-hydrogen) atoms. The molecule has 1 aromatic carbocycles. The highest BCUT2D eigenvalue weighted by Crippen LogP contribution is 2.15. The van der Waals surface area contributed by atoms with Gasteiger partial charge in [0, 0.05) is 18.0 Å². The molecule has 1 amide bonds. The Kier molecular flexibility index (Phi) is 6.00. The summed E-state index contributed by atoms with van der Waals surface area (Å²) in [7, 11) is 1.49. The third-order valence-corrected chi connectivity index (χ3v) is 2.90. The van der Waals surface area contributed by atoms with Gasteiger partial charge in [-0.25, -0.2) is 4.79 Å². The number of esters is 1. The Morgan fingerprint density at radius 3 is 2.56 bits per heavy atom. The van der Waals surface area contributed by atoms with Crippen molar-refractivity contribution in [2.45, 2.75) is 4.90 Å². The Hall–Kier alpha value is -1.75. The van der Waals surface area contributed by atoms with Crippen LogP contribution < -0.4 is 5.32 Å². The van der Waals surface area contributed by atoms with Crippen molar-refractivity contribution in [1.82, 2.24) is 5.32 Å². The molecule has 0 unspecified atom stereocenters. The molecule has 0 bridgehead atoms. The van der Waals surface area contributed by atoms with Gasteiger partial charge in [0.25, 0.3) is 5.91 Å². The van der Waals surface area contributed by atoms with E-state index in [1.54, 1.807) is 17.8 Å². The van der Waals surface area contributed by atoms with Crippen molar-refractivity contribution in [3.05, 3.63) is 35.9 Å². The Morgan fingerprint density at radius 2 is 2.00 bits per heavy atom. The van der Waals surface area contributed by atoms with Crippen LogP contribution in [0.15, 0.2) is 35.2 Å². The molecule has 1 rings (SSSR count). The summed E-state index contributed by atoms with van der Waals surface area (Å²) < 4.78 is 4.72. The first-order valence-corrected chi connectivity index (χ1v) is 6.57. The van der Waals surface area contributed by atoms with E-state index in [4.69, 9.17) is 4.74 Å². The van der Waals surface area contributed by atoms with Crippen LogP contribution in [0.4, 0.5) is 0 Å². The topological polar surface area (TPSA) is 55.4 Å². The summed E-state index contributed by atoms with van der Waals surface area (Å²) in [4.78, 5) is 23.3. The van der Waals surface area contributed by atoms with Gasteiger partial charge < -0.3 is 10.1 Å². The summed E-state index contributed by atoms with van der Waals surface area (Å²) in [6, 6.07) is 7.77. The normalized spacial score (nSPS) is 10.3. The number of carbonyl (C=O) groups excluding carboxylic acids is 2. The van der Waals surface area contributed by atoms with E-state index in [-0.39, 0.29) is 12.5 Å². The fraction of sp³-hybridized carbons (Fsp3) is 0.231. The molecule has 0 aliphatic rings. The standard InChI is InChI=1S/C13H15NO3S/c1-14-12(15)9-17-13(16)8-5-10-3-6-11(18-2)7-4-10/h3-8H,9H2,1-2H3,(H,14,15)/b8-5+. The molecule has 0 saturated heterocycles. The highest BCUT2D eigenvalue weighted by molar-refractivity contribution is 7.98. The maximum atomic E-state index is 11.3. The Balaban J connectivity index is 2.47. The highest BCUT2D eigenvalue weighted by atomic mass is 32.2. The molecule has 0 fully saturated rings. The van der Waals surface area contributed by atoms with Gasteiger partial charge in [0.2, 0.25) is 0 Å². The number of hydrogen-bond acceptors (Lipinski definition) is 4. The van der Waals surface area contributed by atoms with Gasteiger partial charge in [0.1, 0.15) is 0 Å². The van der Waals surface area contributed by atoms with E-state index in [0.717, 1.165) is 10.5 Å². The van der Waals surface area contributed by atoms with Gasteiger partial charge >= 0.3 is 5.97 Å². The first-order valence-electron chi connectivity index (χ1n) is 5.35. The van der Waals surface area contributed by atoms with Gasteiger partial charge in [-0.2, -0.15) is 0 Å². The number of carbonyl (C=O) groups is 2. The second-order valence-electron chi connectivity index (χ2n) is 3.39. The summed E-state index contributed by atoms with van der Waals surface area (Å²) in [6.45, 7) is -0.259.